The Balaban J connectivity index is 1.71. The molecule has 2 unspecified atom stereocenters. The third-order valence-electron chi connectivity index (χ3n) is 5.03. The normalized spacial score (nSPS) is 18.9. The fourth-order valence-electron chi connectivity index (χ4n) is 3.67. The molecule has 1 heterocycles. The topological polar surface area (TPSA) is 52.6 Å². The predicted molar refractivity (Wildman–Crippen MR) is 105 cm³/mol. The van der Waals surface area contributed by atoms with Crippen molar-refractivity contribution in [1.29, 1.82) is 0 Å². The molecule has 4 nitrogen and oxygen atoms in total. The van der Waals surface area contributed by atoms with Gasteiger partial charge in [0, 0.05) is 17.4 Å². The highest BCUT2D eigenvalue weighted by Crippen LogP contribution is 2.46. The molecule has 4 rings (SSSR count). The van der Waals surface area contributed by atoms with Crippen molar-refractivity contribution in [3.63, 3.8) is 0 Å². The van der Waals surface area contributed by atoms with Gasteiger partial charge in [-0.25, -0.2) is 0 Å². The van der Waals surface area contributed by atoms with E-state index in [1.165, 1.54) is 12.1 Å². The maximum absolute atomic E-state index is 12.6. The van der Waals surface area contributed by atoms with Gasteiger partial charge in [0.05, 0.1) is 6.61 Å². The summed E-state index contributed by atoms with van der Waals surface area (Å²) in [6.45, 7) is 0.437. The van der Waals surface area contributed by atoms with Crippen molar-refractivity contribution in [2.45, 2.75) is 17.3 Å². The Hall–Kier alpha value is -3.00. The van der Waals surface area contributed by atoms with Crippen LogP contribution in [0.25, 0.3) is 0 Å². The first-order valence-electron chi connectivity index (χ1n) is 9.14. The molecule has 1 aliphatic rings. The SMILES string of the molecule is O=S(=O)(Oc1ccc(C2c3ccccc3OCC2c2ccccc2)cc1)C(F)(F)F. The lowest BCUT2D eigenvalue weighted by Crippen LogP contribution is -2.28. The van der Waals surface area contributed by atoms with Crippen LogP contribution in [0.15, 0.2) is 78.9 Å². The van der Waals surface area contributed by atoms with Gasteiger partial charge in [-0.3, -0.25) is 0 Å². The average Bonchev–Trinajstić information content (AvgIpc) is 2.73. The van der Waals surface area contributed by atoms with Crippen molar-refractivity contribution in [3.8, 4) is 11.5 Å². The number of hydrogen-bond donors (Lipinski definition) is 0. The van der Waals surface area contributed by atoms with Gasteiger partial charge < -0.3 is 8.92 Å². The lowest BCUT2D eigenvalue weighted by atomic mass is 9.76. The van der Waals surface area contributed by atoms with Crippen molar-refractivity contribution in [1.82, 2.24) is 0 Å². The summed E-state index contributed by atoms with van der Waals surface area (Å²) in [5, 5.41) is 0. The molecule has 0 saturated carbocycles. The number of alkyl halides is 3. The van der Waals surface area contributed by atoms with Crippen LogP contribution in [-0.4, -0.2) is 20.5 Å². The molecule has 0 aromatic heterocycles. The quantitative estimate of drug-likeness (QED) is 0.417. The van der Waals surface area contributed by atoms with E-state index < -0.39 is 21.4 Å². The zero-order valence-corrected chi connectivity index (χ0v) is 16.4. The highest BCUT2D eigenvalue weighted by Gasteiger charge is 2.48. The Morgan fingerprint density at radius 3 is 2.13 bits per heavy atom. The number of ether oxygens (including phenoxy) is 1. The van der Waals surface area contributed by atoms with Crippen LogP contribution in [0.1, 0.15) is 28.5 Å². The Kier molecular flexibility index (Phi) is 5.19. The Bertz CT molecular complexity index is 1130. The van der Waals surface area contributed by atoms with E-state index in [9.17, 15) is 21.6 Å². The number of para-hydroxylation sites is 1. The molecule has 0 radical (unpaired) electrons. The highest BCUT2D eigenvalue weighted by atomic mass is 32.2. The fraction of sp³-hybridized carbons (Fsp3) is 0.182. The second-order valence-electron chi connectivity index (χ2n) is 6.90. The summed E-state index contributed by atoms with van der Waals surface area (Å²) in [7, 11) is -5.71. The van der Waals surface area contributed by atoms with Gasteiger partial charge in [-0.05, 0) is 29.3 Å². The minimum absolute atomic E-state index is 0.0215. The zero-order chi connectivity index (χ0) is 21.4. The molecule has 0 amide bonds. The van der Waals surface area contributed by atoms with Gasteiger partial charge in [-0.2, -0.15) is 21.6 Å². The first-order valence-corrected chi connectivity index (χ1v) is 10.5. The summed E-state index contributed by atoms with van der Waals surface area (Å²) in [5.41, 5.74) is -2.65. The molecule has 0 N–H and O–H groups in total. The first-order chi connectivity index (χ1) is 14.3. The molecule has 156 valence electrons. The molecule has 1 aliphatic heterocycles. The van der Waals surface area contributed by atoms with Gasteiger partial charge in [0.1, 0.15) is 11.5 Å². The summed E-state index contributed by atoms with van der Waals surface area (Å²) in [5.74, 6) is 0.208. The Morgan fingerprint density at radius 1 is 0.833 bits per heavy atom. The number of benzene rings is 3. The molecule has 3 aromatic carbocycles. The van der Waals surface area contributed by atoms with E-state index in [4.69, 9.17) is 4.74 Å². The number of halogens is 3. The summed E-state index contributed by atoms with van der Waals surface area (Å²) in [6, 6.07) is 23.0. The van der Waals surface area contributed by atoms with E-state index in [0.717, 1.165) is 22.4 Å². The van der Waals surface area contributed by atoms with E-state index in [0.29, 0.717) is 6.61 Å². The molecular weight excluding hydrogens is 417 g/mol. The third-order valence-corrected chi connectivity index (χ3v) is 6.01. The van der Waals surface area contributed by atoms with Gasteiger partial charge in [0.15, 0.2) is 0 Å². The molecule has 8 heteroatoms. The lowest BCUT2D eigenvalue weighted by Gasteiger charge is -2.34. The maximum Gasteiger partial charge on any atom is 0.534 e. The Morgan fingerprint density at radius 2 is 1.47 bits per heavy atom. The fourth-order valence-corrected chi connectivity index (χ4v) is 4.13. The smallest absolute Gasteiger partial charge is 0.493 e. The molecule has 0 saturated heterocycles. The van der Waals surface area contributed by atoms with Crippen molar-refractivity contribution in [3.05, 3.63) is 95.6 Å². The molecule has 0 fully saturated rings. The molecule has 2 atom stereocenters. The largest absolute Gasteiger partial charge is 0.534 e. The van der Waals surface area contributed by atoms with E-state index in [1.807, 2.05) is 54.6 Å². The van der Waals surface area contributed by atoms with Crippen LogP contribution in [0.3, 0.4) is 0 Å². The summed E-state index contributed by atoms with van der Waals surface area (Å²) in [6.07, 6.45) is 0. The second kappa shape index (κ2) is 7.68. The molecule has 0 bridgehead atoms. The number of rotatable bonds is 4. The standard InChI is InChI=1S/C22H17F3O4S/c23-22(24,25)30(26,27)29-17-12-10-16(11-13-17)21-18-8-4-5-9-20(18)28-14-19(21)15-6-2-1-3-7-15/h1-13,19,21H,14H2. The first kappa shape index (κ1) is 20.3. The van der Waals surface area contributed by atoms with E-state index in [1.54, 1.807) is 12.1 Å². The van der Waals surface area contributed by atoms with E-state index in [2.05, 4.69) is 4.18 Å². The number of hydrogen-bond acceptors (Lipinski definition) is 4. The Labute approximate surface area is 172 Å². The maximum atomic E-state index is 12.6. The van der Waals surface area contributed by atoms with Gasteiger partial charge in [-0.1, -0.05) is 60.7 Å². The predicted octanol–water partition coefficient (Wildman–Crippen LogP) is 5.22. The molecule has 3 aromatic rings. The average molecular weight is 434 g/mol. The van der Waals surface area contributed by atoms with E-state index in [-0.39, 0.29) is 11.8 Å². The van der Waals surface area contributed by atoms with E-state index >= 15 is 0 Å². The van der Waals surface area contributed by atoms with Crippen molar-refractivity contribution in [2.75, 3.05) is 6.61 Å². The van der Waals surface area contributed by atoms with Crippen LogP contribution in [0.2, 0.25) is 0 Å². The van der Waals surface area contributed by atoms with Crippen LogP contribution in [-0.2, 0) is 10.1 Å². The lowest BCUT2D eigenvalue weighted by molar-refractivity contribution is -0.0500. The van der Waals surface area contributed by atoms with Gasteiger partial charge in [-0.15, -0.1) is 0 Å². The second-order valence-corrected chi connectivity index (χ2v) is 8.43. The highest BCUT2D eigenvalue weighted by molar-refractivity contribution is 7.88. The van der Waals surface area contributed by atoms with Gasteiger partial charge >= 0.3 is 15.6 Å². The van der Waals surface area contributed by atoms with Crippen molar-refractivity contribution < 1.29 is 30.5 Å². The molecule has 0 spiro atoms. The molecule has 0 aliphatic carbocycles. The summed E-state index contributed by atoms with van der Waals surface area (Å²) in [4.78, 5) is 0. The molecule has 30 heavy (non-hydrogen) atoms. The minimum atomic E-state index is -5.71. The zero-order valence-electron chi connectivity index (χ0n) is 15.5. The summed E-state index contributed by atoms with van der Waals surface area (Å²) >= 11 is 0. The minimum Gasteiger partial charge on any atom is -0.493 e. The van der Waals surface area contributed by atoms with Gasteiger partial charge in [0.2, 0.25) is 0 Å². The summed E-state index contributed by atoms with van der Waals surface area (Å²) < 4.78 is 70.3. The molecular formula is C22H17F3O4S. The van der Waals surface area contributed by atoms with Crippen LogP contribution in [0.4, 0.5) is 13.2 Å². The van der Waals surface area contributed by atoms with Crippen molar-refractivity contribution >= 4 is 10.1 Å². The van der Waals surface area contributed by atoms with Crippen LogP contribution in [0.5, 0.6) is 11.5 Å². The monoisotopic (exact) mass is 434 g/mol. The van der Waals surface area contributed by atoms with Crippen LogP contribution >= 0.6 is 0 Å². The van der Waals surface area contributed by atoms with Gasteiger partial charge in [0.25, 0.3) is 0 Å². The van der Waals surface area contributed by atoms with Crippen LogP contribution in [0, 0.1) is 0 Å². The number of fused-ring (bicyclic) bond motifs is 1. The van der Waals surface area contributed by atoms with Crippen molar-refractivity contribution in [2.24, 2.45) is 0 Å². The van der Waals surface area contributed by atoms with Crippen LogP contribution < -0.4 is 8.92 Å². The third kappa shape index (κ3) is 3.87.